The van der Waals surface area contributed by atoms with Crippen molar-refractivity contribution in [3.05, 3.63) is 51.8 Å². The molecule has 0 saturated heterocycles. The highest BCUT2D eigenvalue weighted by Crippen LogP contribution is 2.38. The second-order valence-electron chi connectivity index (χ2n) is 4.16. The fourth-order valence-corrected chi connectivity index (χ4v) is 2.44. The minimum Gasteiger partial charge on any atom is -0.492 e. The molecule has 0 aliphatic carbocycles. The molecule has 2 aromatic rings. The van der Waals surface area contributed by atoms with Crippen LogP contribution in [0.25, 0.3) is 11.1 Å². The van der Waals surface area contributed by atoms with Gasteiger partial charge >= 0.3 is 5.97 Å². The van der Waals surface area contributed by atoms with Gasteiger partial charge in [0.25, 0.3) is 0 Å². The van der Waals surface area contributed by atoms with Crippen molar-refractivity contribution in [2.45, 2.75) is 6.92 Å². The van der Waals surface area contributed by atoms with Gasteiger partial charge in [0, 0.05) is 17.2 Å². The first kappa shape index (κ1) is 15.6. The van der Waals surface area contributed by atoms with Gasteiger partial charge in [-0.2, -0.15) is 0 Å². The number of carboxylic acids is 1. The highest BCUT2D eigenvalue weighted by Gasteiger charge is 2.20. The van der Waals surface area contributed by atoms with Crippen LogP contribution in [0.15, 0.2) is 30.3 Å². The van der Waals surface area contributed by atoms with Gasteiger partial charge in [-0.15, -0.1) is 0 Å². The SMILES string of the molecule is CCOc1cc(Cl)c(-c2cccc(F)c2C(=O)O)cc1Cl. The highest BCUT2D eigenvalue weighted by atomic mass is 35.5. The maximum Gasteiger partial charge on any atom is 0.339 e. The Morgan fingerprint density at radius 3 is 2.57 bits per heavy atom. The van der Waals surface area contributed by atoms with Crippen LogP contribution in [0.1, 0.15) is 17.3 Å². The van der Waals surface area contributed by atoms with Gasteiger partial charge in [0.05, 0.1) is 16.7 Å². The van der Waals surface area contributed by atoms with E-state index in [0.717, 1.165) is 6.07 Å². The van der Waals surface area contributed by atoms with Crippen LogP contribution in [0.5, 0.6) is 5.75 Å². The van der Waals surface area contributed by atoms with Gasteiger partial charge in [-0.05, 0) is 19.1 Å². The fraction of sp³-hybridized carbons (Fsp3) is 0.133. The van der Waals surface area contributed by atoms with E-state index >= 15 is 0 Å². The number of hydrogen-bond donors (Lipinski definition) is 1. The van der Waals surface area contributed by atoms with Gasteiger partial charge in [0.1, 0.15) is 17.1 Å². The first-order valence-corrected chi connectivity index (χ1v) is 6.85. The van der Waals surface area contributed by atoms with Gasteiger partial charge in [-0.25, -0.2) is 9.18 Å². The minimum atomic E-state index is -1.37. The van der Waals surface area contributed by atoms with Gasteiger partial charge in [-0.3, -0.25) is 0 Å². The molecule has 110 valence electrons. The number of benzene rings is 2. The maximum atomic E-state index is 13.7. The third kappa shape index (κ3) is 3.12. The van der Waals surface area contributed by atoms with Crippen LogP contribution in [-0.2, 0) is 0 Å². The molecule has 6 heteroatoms. The van der Waals surface area contributed by atoms with Crippen molar-refractivity contribution in [3.8, 4) is 16.9 Å². The van der Waals surface area contributed by atoms with Crippen molar-refractivity contribution in [1.29, 1.82) is 0 Å². The van der Waals surface area contributed by atoms with Crippen LogP contribution in [0.3, 0.4) is 0 Å². The molecule has 1 N–H and O–H groups in total. The smallest absolute Gasteiger partial charge is 0.339 e. The predicted octanol–water partition coefficient (Wildman–Crippen LogP) is 4.90. The summed E-state index contributed by atoms with van der Waals surface area (Å²) in [5, 5.41) is 9.67. The molecule has 0 aromatic heterocycles. The number of halogens is 3. The molecule has 0 heterocycles. The molecule has 0 radical (unpaired) electrons. The van der Waals surface area contributed by atoms with Crippen molar-refractivity contribution in [2.24, 2.45) is 0 Å². The van der Waals surface area contributed by atoms with E-state index < -0.39 is 17.3 Å². The Kier molecular flexibility index (Phi) is 4.70. The quantitative estimate of drug-likeness (QED) is 0.868. The highest BCUT2D eigenvalue weighted by molar-refractivity contribution is 6.36. The molecule has 2 rings (SSSR count). The molecule has 0 saturated carbocycles. The van der Waals surface area contributed by atoms with Crippen LogP contribution in [0, 0.1) is 5.82 Å². The summed E-state index contributed by atoms with van der Waals surface area (Å²) in [4.78, 5) is 11.2. The van der Waals surface area contributed by atoms with Crippen LogP contribution < -0.4 is 4.74 Å². The van der Waals surface area contributed by atoms with Crippen molar-refractivity contribution >= 4 is 29.2 Å². The summed E-state index contributed by atoms with van der Waals surface area (Å²) in [5.41, 5.74) is 0.0547. The Morgan fingerprint density at radius 2 is 1.95 bits per heavy atom. The van der Waals surface area contributed by atoms with E-state index in [-0.39, 0.29) is 15.6 Å². The molecule has 0 fully saturated rings. The number of carboxylic acid groups (broad SMARTS) is 1. The maximum absolute atomic E-state index is 13.7. The molecule has 0 aliphatic heterocycles. The Balaban J connectivity index is 2.66. The van der Waals surface area contributed by atoms with Crippen molar-refractivity contribution < 1.29 is 19.0 Å². The summed E-state index contributed by atoms with van der Waals surface area (Å²) in [6.45, 7) is 2.21. The lowest BCUT2D eigenvalue weighted by atomic mass is 9.99. The third-order valence-corrected chi connectivity index (χ3v) is 3.45. The van der Waals surface area contributed by atoms with E-state index in [9.17, 15) is 9.18 Å². The van der Waals surface area contributed by atoms with E-state index in [4.69, 9.17) is 33.0 Å². The Labute approximate surface area is 130 Å². The zero-order valence-electron chi connectivity index (χ0n) is 11.0. The number of ether oxygens (including phenoxy) is 1. The minimum absolute atomic E-state index is 0.164. The first-order valence-electron chi connectivity index (χ1n) is 6.09. The monoisotopic (exact) mass is 328 g/mol. The van der Waals surface area contributed by atoms with Crippen LogP contribution in [-0.4, -0.2) is 17.7 Å². The van der Waals surface area contributed by atoms with Gasteiger partial charge < -0.3 is 9.84 Å². The summed E-state index contributed by atoms with van der Waals surface area (Å²) >= 11 is 12.2. The normalized spacial score (nSPS) is 10.5. The van der Waals surface area contributed by atoms with Crippen LogP contribution in [0.2, 0.25) is 10.0 Å². The second-order valence-corrected chi connectivity index (χ2v) is 4.98. The van der Waals surface area contributed by atoms with E-state index in [1.807, 2.05) is 0 Å². The molecule has 0 amide bonds. The van der Waals surface area contributed by atoms with Gasteiger partial charge in [0.2, 0.25) is 0 Å². The number of aromatic carboxylic acids is 1. The lowest BCUT2D eigenvalue weighted by Crippen LogP contribution is -2.03. The van der Waals surface area contributed by atoms with Crippen molar-refractivity contribution in [3.63, 3.8) is 0 Å². The van der Waals surface area contributed by atoms with Crippen molar-refractivity contribution in [2.75, 3.05) is 6.61 Å². The van der Waals surface area contributed by atoms with E-state index in [1.165, 1.54) is 24.3 Å². The van der Waals surface area contributed by atoms with E-state index in [2.05, 4.69) is 0 Å². The molecule has 0 unspecified atom stereocenters. The largest absolute Gasteiger partial charge is 0.492 e. The molecular weight excluding hydrogens is 318 g/mol. The summed E-state index contributed by atoms with van der Waals surface area (Å²) < 4.78 is 19.0. The molecule has 0 aliphatic rings. The van der Waals surface area contributed by atoms with Crippen LogP contribution >= 0.6 is 23.2 Å². The predicted molar refractivity (Wildman–Crippen MR) is 80.0 cm³/mol. The summed E-state index contributed by atoms with van der Waals surface area (Å²) in [5.74, 6) is -1.81. The third-order valence-electron chi connectivity index (χ3n) is 2.84. The Bertz CT molecular complexity index is 702. The van der Waals surface area contributed by atoms with Gasteiger partial charge in [-0.1, -0.05) is 35.3 Å². The topological polar surface area (TPSA) is 46.5 Å². The molecule has 0 bridgehead atoms. The average molecular weight is 329 g/mol. The molecule has 3 nitrogen and oxygen atoms in total. The molecule has 0 spiro atoms. The Hall–Kier alpha value is -1.78. The number of hydrogen-bond acceptors (Lipinski definition) is 2. The molecular formula is C15H11Cl2FO3. The van der Waals surface area contributed by atoms with Crippen molar-refractivity contribution in [1.82, 2.24) is 0 Å². The zero-order chi connectivity index (χ0) is 15.6. The van der Waals surface area contributed by atoms with E-state index in [0.29, 0.717) is 17.9 Å². The first-order chi connectivity index (χ1) is 9.95. The summed E-state index contributed by atoms with van der Waals surface area (Å²) in [6.07, 6.45) is 0. The average Bonchev–Trinajstić information content (AvgIpc) is 2.42. The number of carbonyl (C=O) groups is 1. The molecule has 21 heavy (non-hydrogen) atoms. The number of rotatable bonds is 4. The lowest BCUT2D eigenvalue weighted by Gasteiger charge is -2.12. The molecule has 0 atom stereocenters. The standard InChI is InChI=1S/C15H11Cl2FO3/c1-2-21-13-7-10(16)9(6-11(13)17)8-4-3-5-12(18)14(8)15(19)20/h3-7H,2H2,1H3,(H,19,20). The zero-order valence-corrected chi connectivity index (χ0v) is 12.5. The van der Waals surface area contributed by atoms with Gasteiger partial charge in [0.15, 0.2) is 0 Å². The second kappa shape index (κ2) is 6.33. The lowest BCUT2D eigenvalue weighted by molar-refractivity contribution is 0.0693. The summed E-state index contributed by atoms with van der Waals surface area (Å²) in [6, 6.07) is 6.93. The Morgan fingerprint density at radius 1 is 1.24 bits per heavy atom. The molecule has 2 aromatic carbocycles. The van der Waals surface area contributed by atoms with E-state index in [1.54, 1.807) is 6.92 Å². The van der Waals surface area contributed by atoms with Crippen LogP contribution in [0.4, 0.5) is 4.39 Å². The fourth-order valence-electron chi connectivity index (χ4n) is 1.97. The summed E-state index contributed by atoms with van der Waals surface area (Å²) in [7, 11) is 0.